The molecule has 0 amide bonds. The highest BCUT2D eigenvalue weighted by molar-refractivity contribution is 6.30. The van der Waals surface area contributed by atoms with Gasteiger partial charge in [0.05, 0.1) is 5.41 Å². The molecule has 1 aliphatic rings. The molecule has 15 heavy (non-hydrogen) atoms. The molecule has 80 valence electrons. The van der Waals surface area contributed by atoms with E-state index < -0.39 is 11.4 Å². The maximum atomic E-state index is 11.3. The lowest BCUT2D eigenvalue weighted by Gasteiger charge is -2.32. The van der Waals surface area contributed by atoms with Crippen molar-refractivity contribution in [2.45, 2.75) is 31.6 Å². The molecule has 1 aromatic carbocycles. The molecule has 1 atom stereocenters. The third-order valence-corrected chi connectivity index (χ3v) is 3.50. The Labute approximate surface area is 93.9 Å². The lowest BCUT2D eigenvalue weighted by molar-refractivity contribution is -0.143. The van der Waals surface area contributed by atoms with Crippen molar-refractivity contribution in [2.75, 3.05) is 0 Å². The predicted octanol–water partition coefficient (Wildman–Crippen LogP) is 3.02. The van der Waals surface area contributed by atoms with E-state index in [9.17, 15) is 9.90 Å². The predicted molar refractivity (Wildman–Crippen MR) is 59.4 cm³/mol. The van der Waals surface area contributed by atoms with Gasteiger partial charge in [-0.05, 0) is 49.4 Å². The van der Waals surface area contributed by atoms with Crippen LogP contribution in [-0.2, 0) is 16.6 Å². The summed E-state index contributed by atoms with van der Waals surface area (Å²) < 4.78 is 0. The molecular formula is C12H13ClO2. The van der Waals surface area contributed by atoms with Crippen LogP contribution in [0.4, 0.5) is 0 Å². The minimum Gasteiger partial charge on any atom is -0.481 e. The van der Waals surface area contributed by atoms with Crippen LogP contribution in [0.2, 0.25) is 5.02 Å². The van der Waals surface area contributed by atoms with Gasteiger partial charge in [0, 0.05) is 5.02 Å². The number of carboxylic acid groups (broad SMARTS) is 1. The van der Waals surface area contributed by atoms with Crippen LogP contribution in [0.25, 0.3) is 0 Å². The number of halogens is 1. The maximum Gasteiger partial charge on any atom is 0.313 e. The zero-order valence-corrected chi connectivity index (χ0v) is 9.34. The molecule has 1 N–H and O–H groups in total. The molecule has 0 spiro atoms. The van der Waals surface area contributed by atoms with E-state index in [1.165, 1.54) is 0 Å². The summed E-state index contributed by atoms with van der Waals surface area (Å²) in [6.07, 6.45) is 2.57. The van der Waals surface area contributed by atoms with Crippen LogP contribution in [0.3, 0.4) is 0 Å². The average Bonchev–Trinajstić information content (AvgIpc) is 2.19. The van der Waals surface area contributed by atoms with Gasteiger partial charge in [-0.2, -0.15) is 0 Å². The molecule has 0 saturated carbocycles. The first-order valence-corrected chi connectivity index (χ1v) is 5.44. The topological polar surface area (TPSA) is 37.3 Å². The van der Waals surface area contributed by atoms with Crippen molar-refractivity contribution in [2.24, 2.45) is 0 Å². The molecule has 0 radical (unpaired) electrons. The fourth-order valence-corrected chi connectivity index (χ4v) is 2.44. The van der Waals surface area contributed by atoms with Crippen molar-refractivity contribution in [3.63, 3.8) is 0 Å². The third kappa shape index (κ3) is 1.63. The van der Waals surface area contributed by atoms with Crippen molar-refractivity contribution < 1.29 is 9.90 Å². The van der Waals surface area contributed by atoms with Gasteiger partial charge in [-0.3, -0.25) is 4.79 Å². The van der Waals surface area contributed by atoms with Gasteiger partial charge in [0.25, 0.3) is 0 Å². The number of carbonyl (C=O) groups is 1. The first kappa shape index (κ1) is 10.5. The monoisotopic (exact) mass is 224 g/mol. The number of fused-ring (bicyclic) bond motifs is 1. The Bertz CT molecular complexity index is 414. The fraction of sp³-hybridized carbons (Fsp3) is 0.417. The quantitative estimate of drug-likeness (QED) is 0.796. The first-order chi connectivity index (χ1) is 7.04. The van der Waals surface area contributed by atoms with Gasteiger partial charge in [-0.25, -0.2) is 0 Å². The molecule has 0 heterocycles. The number of hydrogen-bond acceptors (Lipinski definition) is 1. The lowest BCUT2D eigenvalue weighted by atomic mass is 9.71. The van der Waals surface area contributed by atoms with Crippen LogP contribution >= 0.6 is 11.6 Å². The highest BCUT2D eigenvalue weighted by Gasteiger charge is 2.38. The van der Waals surface area contributed by atoms with E-state index >= 15 is 0 Å². The Morgan fingerprint density at radius 2 is 2.27 bits per heavy atom. The van der Waals surface area contributed by atoms with Gasteiger partial charge in [0.1, 0.15) is 0 Å². The highest BCUT2D eigenvalue weighted by atomic mass is 35.5. The van der Waals surface area contributed by atoms with Crippen molar-refractivity contribution >= 4 is 17.6 Å². The van der Waals surface area contributed by atoms with Gasteiger partial charge in [0.2, 0.25) is 0 Å². The number of carboxylic acids is 1. The van der Waals surface area contributed by atoms with E-state index in [1.807, 2.05) is 12.1 Å². The van der Waals surface area contributed by atoms with E-state index in [4.69, 9.17) is 11.6 Å². The molecule has 1 unspecified atom stereocenters. The Morgan fingerprint density at radius 3 is 2.93 bits per heavy atom. The number of aryl methyl sites for hydroxylation is 1. The summed E-state index contributed by atoms with van der Waals surface area (Å²) in [7, 11) is 0. The molecular weight excluding hydrogens is 212 g/mol. The summed E-state index contributed by atoms with van der Waals surface area (Å²) in [6.45, 7) is 1.78. The summed E-state index contributed by atoms with van der Waals surface area (Å²) >= 11 is 5.92. The fourth-order valence-electron chi connectivity index (χ4n) is 2.27. The highest BCUT2D eigenvalue weighted by Crippen LogP contribution is 2.38. The van der Waals surface area contributed by atoms with Crippen LogP contribution < -0.4 is 0 Å². The summed E-state index contributed by atoms with van der Waals surface area (Å²) in [5, 5.41) is 9.91. The largest absolute Gasteiger partial charge is 0.481 e. The number of aliphatic carboxylic acids is 1. The molecule has 1 aromatic rings. The van der Waals surface area contributed by atoms with E-state index in [-0.39, 0.29) is 0 Å². The zero-order chi connectivity index (χ0) is 11.1. The van der Waals surface area contributed by atoms with Crippen LogP contribution in [-0.4, -0.2) is 11.1 Å². The molecule has 2 rings (SSSR count). The van der Waals surface area contributed by atoms with E-state index in [0.717, 1.165) is 24.0 Å². The molecule has 0 saturated heterocycles. The van der Waals surface area contributed by atoms with Crippen LogP contribution in [0.5, 0.6) is 0 Å². The minimum atomic E-state index is -0.765. The Kier molecular flexibility index (Phi) is 2.47. The molecule has 2 nitrogen and oxygen atoms in total. The standard InChI is InChI=1S/C12H13ClO2/c1-12(11(14)15)6-2-3-8-4-5-9(13)7-10(8)12/h4-5,7H,2-3,6H2,1H3,(H,14,15). The Hall–Kier alpha value is -1.02. The minimum absolute atomic E-state index is 0.614. The lowest BCUT2D eigenvalue weighted by Crippen LogP contribution is -2.36. The van der Waals surface area contributed by atoms with Crippen molar-refractivity contribution in [1.29, 1.82) is 0 Å². The Morgan fingerprint density at radius 1 is 1.53 bits per heavy atom. The van der Waals surface area contributed by atoms with Gasteiger partial charge < -0.3 is 5.11 Å². The summed E-state index contributed by atoms with van der Waals surface area (Å²) in [6, 6.07) is 5.57. The van der Waals surface area contributed by atoms with E-state index in [2.05, 4.69) is 0 Å². The normalized spacial score (nSPS) is 24.7. The summed E-state index contributed by atoms with van der Waals surface area (Å²) in [4.78, 5) is 11.3. The summed E-state index contributed by atoms with van der Waals surface area (Å²) in [5.74, 6) is -0.759. The first-order valence-electron chi connectivity index (χ1n) is 5.06. The second-order valence-electron chi connectivity index (χ2n) is 4.29. The second kappa shape index (κ2) is 3.53. The van der Waals surface area contributed by atoms with E-state index in [0.29, 0.717) is 11.4 Å². The smallest absolute Gasteiger partial charge is 0.313 e. The third-order valence-electron chi connectivity index (χ3n) is 3.26. The zero-order valence-electron chi connectivity index (χ0n) is 8.59. The molecule has 1 aliphatic carbocycles. The van der Waals surface area contributed by atoms with Crippen LogP contribution in [0.1, 0.15) is 30.9 Å². The summed E-state index contributed by atoms with van der Waals surface area (Å²) in [5.41, 5.74) is 1.24. The van der Waals surface area contributed by atoms with Crippen LogP contribution in [0.15, 0.2) is 18.2 Å². The van der Waals surface area contributed by atoms with Gasteiger partial charge in [-0.1, -0.05) is 17.7 Å². The Balaban J connectivity index is 2.59. The van der Waals surface area contributed by atoms with Crippen molar-refractivity contribution in [3.05, 3.63) is 34.3 Å². The van der Waals surface area contributed by atoms with Gasteiger partial charge >= 0.3 is 5.97 Å². The van der Waals surface area contributed by atoms with Gasteiger partial charge in [0.15, 0.2) is 0 Å². The molecule has 0 aliphatic heterocycles. The number of rotatable bonds is 1. The van der Waals surface area contributed by atoms with Crippen LogP contribution in [0, 0.1) is 0 Å². The van der Waals surface area contributed by atoms with Crippen molar-refractivity contribution in [3.8, 4) is 0 Å². The number of benzene rings is 1. The average molecular weight is 225 g/mol. The molecule has 0 aromatic heterocycles. The maximum absolute atomic E-state index is 11.3. The second-order valence-corrected chi connectivity index (χ2v) is 4.73. The van der Waals surface area contributed by atoms with Crippen molar-refractivity contribution in [1.82, 2.24) is 0 Å². The molecule has 0 bridgehead atoms. The van der Waals surface area contributed by atoms with Gasteiger partial charge in [-0.15, -0.1) is 0 Å². The SMILES string of the molecule is CC1(C(=O)O)CCCc2ccc(Cl)cc21. The molecule has 0 fully saturated rings. The van der Waals surface area contributed by atoms with E-state index in [1.54, 1.807) is 13.0 Å². The number of hydrogen-bond donors (Lipinski definition) is 1. The molecule has 3 heteroatoms.